The van der Waals surface area contributed by atoms with Crippen LogP contribution in [0.4, 0.5) is 11.4 Å². The Bertz CT molecular complexity index is 1280. The van der Waals surface area contributed by atoms with E-state index < -0.39 is 0 Å². The number of aromatic nitrogens is 1. The Morgan fingerprint density at radius 2 is 1.58 bits per heavy atom. The van der Waals surface area contributed by atoms with Crippen molar-refractivity contribution in [2.45, 2.75) is 40.5 Å². The number of fused-ring (bicyclic) bond motifs is 2. The van der Waals surface area contributed by atoms with Crippen molar-refractivity contribution in [1.82, 2.24) is 10.1 Å². The standard InChI is InChI=1S/C30H38N4O2/c1-18-11-19(2)15-33(14-18)10-9-31-24-13-25(34-16-20(3)12-21(4)17-34)28-27-26(24)29(35)22-7-5-6-8-23(22)30(27)36-32-28/h5-8,13,18-21,31H,9-12,14-17H2,1-4H3/t18-,19+,20-,21-/m1/s1. The van der Waals surface area contributed by atoms with Gasteiger partial charge >= 0.3 is 0 Å². The first kappa shape index (κ1) is 23.5. The highest BCUT2D eigenvalue weighted by Crippen LogP contribution is 2.46. The van der Waals surface area contributed by atoms with E-state index in [1.165, 1.54) is 12.8 Å². The first-order valence-electron chi connectivity index (χ1n) is 13.7. The molecule has 3 heterocycles. The van der Waals surface area contributed by atoms with E-state index in [2.05, 4.69) is 54.0 Å². The second-order valence-electron chi connectivity index (χ2n) is 11.9. The van der Waals surface area contributed by atoms with Crippen LogP contribution in [0.25, 0.3) is 22.2 Å². The van der Waals surface area contributed by atoms with Crippen molar-refractivity contribution >= 4 is 28.1 Å². The van der Waals surface area contributed by atoms with Gasteiger partial charge in [-0.1, -0.05) is 57.1 Å². The van der Waals surface area contributed by atoms with E-state index in [-0.39, 0.29) is 5.78 Å². The predicted molar refractivity (Wildman–Crippen MR) is 146 cm³/mol. The molecule has 2 aromatic carbocycles. The molecule has 0 saturated carbocycles. The molecular formula is C30H38N4O2. The normalized spacial score (nSPS) is 26.3. The van der Waals surface area contributed by atoms with Crippen LogP contribution in [-0.4, -0.2) is 55.1 Å². The lowest BCUT2D eigenvalue weighted by Crippen LogP contribution is -2.41. The number of rotatable bonds is 5. The lowest BCUT2D eigenvalue weighted by Gasteiger charge is -2.37. The largest absolute Gasteiger partial charge is 0.383 e. The third-order valence-corrected chi connectivity index (χ3v) is 8.28. The van der Waals surface area contributed by atoms with Crippen molar-refractivity contribution in [1.29, 1.82) is 0 Å². The van der Waals surface area contributed by atoms with Crippen LogP contribution in [0.5, 0.6) is 0 Å². The van der Waals surface area contributed by atoms with Gasteiger partial charge in [-0.3, -0.25) is 4.79 Å². The van der Waals surface area contributed by atoms with Gasteiger partial charge in [0.15, 0.2) is 11.5 Å². The molecule has 2 fully saturated rings. The Hall–Kier alpha value is -2.86. The molecule has 3 aromatic rings. The fourth-order valence-electron chi connectivity index (χ4n) is 7.11. The zero-order chi connectivity index (χ0) is 25.0. The number of ketones is 1. The summed E-state index contributed by atoms with van der Waals surface area (Å²) in [6, 6.07) is 9.92. The van der Waals surface area contributed by atoms with Crippen molar-refractivity contribution in [3.8, 4) is 11.3 Å². The summed E-state index contributed by atoms with van der Waals surface area (Å²) >= 11 is 0. The molecule has 1 N–H and O–H groups in total. The second kappa shape index (κ2) is 9.22. The molecule has 2 saturated heterocycles. The maximum Gasteiger partial charge on any atom is 0.196 e. The molecule has 4 atom stereocenters. The van der Waals surface area contributed by atoms with Crippen molar-refractivity contribution in [3.05, 3.63) is 41.5 Å². The average molecular weight is 487 g/mol. The number of benzene rings is 2. The fraction of sp³-hybridized carbons (Fsp3) is 0.533. The minimum absolute atomic E-state index is 0.0564. The Labute approximate surface area is 214 Å². The van der Waals surface area contributed by atoms with Crippen molar-refractivity contribution < 1.29 is 9.32 Å². The smallest absolute Gasteiger partial charge is 0.196 e. The summed E-state index contributed by atoms with van der Waals surface area (Å²) in [5, 5.41) is 9.11. The van der Waals surface area contributed by atoms with Crippen LogP contribution in [0.3, 0.4) is 0 Å². The summed E-state index contributed by atoms with van der Waals surface area (Å²) in [5.41, 5.74) is 5.05. The molecule has 2 aliphatic heterocycles. The summed E-state index contributed by atoms with van der Waals surface area (Å²) in [7, 11) is 0. The van der Waals surface area contributed by atoms with Crippen LogP contribution in [0, 0.1) is 23.7 Å². The Balaban J connectivity index is 1.40. The van der Waals surface area contributed by atoms with E-state index in [4.69, 9.17) is 4.52 Å². The van der Waals surface area contributed by atoms with Crippen LogP contribution in [0.2, 0.25) is 0 Å². The van der Waals surface area contributed by atoms with Gasteiger partial charge in [-0.15, -0.1) is 0 Å². The zero-order valence-corrected chi connectivity index (χ0v) is 22.0. The summed E-state index contributed by atoms with van der Waals surface area (Å²) in [5.74, 6) is 3.48. The molecule has 0 unspecified atom stereocenters. The van der Waals surface area contributed by atoms with Gasteiger partial charge in [-0.05, 0) is 42.6 Å². The fourth-order valence-corrected chi connectivity index (χ4v) is 7.11. The number of piperidine rings is 2. The highest BCUT2D eigenvalue weighted by Gasteiger charge is 2.34. The van der Waals surface area contributed by atoms with Crippen LogP contribution in [0.15, 0.2) is 34.9 Å². The molecule has 0 bridgehead atoms. The molecule has 1 aromatic heterocycles. The van der Waals surface area contributed by atoms with Crippen LogP contribution in [0.1, 0.15) is 56.5 Å². The van der Waals surface area contributed by atoms with E-state index in [1.807, 2.05) is 24.3 Å². The Morgan fingerprint density at radius 1 is 0.944 bits per heavy atom. The molecule has 36 heavy (non-hydrogen) atoms. The SMILES string of the molecule is C[C@@H]1C[C@H](C)CN(CCNc2cc(N3C[C@H](C)C[C@@H](C)C3)c3noc4c3c2C(=O)c2ccccc2-4)C1. The molecular weight excluding hydrogens is 448 g/mol. The van der Waals surface area contributed by atoms with Gasteiger partial charge in [0, 0.05) is 56.1 Å². The highest BCUT2D eigenvalue weighted by molar-refractivity contribution is 6.28. The van der Waals surface area contributed by atoms with E-state index in [1.54, 1.807) is 0 Å². The van der Waals surface area contributed by atoms with Gasteiger partial charge in [0.2, 0.25) is 0 Å². The molecule has 6 nitrogen and oxygen atoms in total. The Kier molecular flexibility index (Phi) is 6.03. The van der Waals surface area contributed by atoms with Crippen LogP contribution in [-0.2, 0) is 0 Å². The molecule has 1 aliphatic carbocycles. The molecule has 3 aliphatic rings. The number of nitrogens with zero attached hydrogens (tertiary/aromatic N) is 3. The van der Waals surface area contributed by atoms with Gasteiger partial charge < -0.3 is 19.6 Å². The van der Waals surface area contributed by atoms with E-state index >= 15 is 0 Å². The maximum absolute atomic E-state index is 13.8. The van der Waals surface area contributed by atoms with Gasteiger partial charge in [0.05, 0.1) is 16.6 Å². The Morgan fingerprint density at radius 3 is 2.28 bits per heavy atom. The number of carbonyl (C=O) groups is 1. The number of nitrogens with one attached hydrogen (secondary N) is 1. The van der Waals surface area contributed by atoms with E-state index in [0.717, 1.165) is 84.7 Å². The monoisotopic (exact) mass is 486 g/mol. The average Bonchev–Trinajstić information content (AvgIpc) is 3.27. The molecule has 0 spiro atoms. The van der Waals surface area contributed by atoms with Gasteiger partial charge in [0.25, 0.3) is 0 Å². The van der Waals surface area contributed by atoms with Crippen molar-refractivity contribution in [3.63, 3.8) is 0 Å². The van der Waals surface area contributed by atoms with Crippen LogP contribution >= 0.6 is 0 Å². The summed E-state index contributed by atoms with van der Waals surface area (Å²) in [6.07, 6.45) is 2.55. The highest BCUT2D eigenvalue weighted by atomic mass is 16.5. The number of anilines is 2. The lowest BCUT2D eigenvalue weighted by atomic mass is 9.85. The first-order valence-corrected chi connectivity index (χ1v) is 13.7. The predicted octanol–water partition coefficient (Wildman–Crippen LogP) is 5.91. The molecule has 0 amide bonds. The molecule has 190 valence electrons. The molecule has 6 rings (SSSR count). The summed E-state index contributed by atoms with van der Waals surface area (Å²) in [6.45, 7) is 15.4. The minimum Gasteiger partial charge on any atom is -0.383 e. The topological polar surface area (TPSA) is 61.6 Å². The van der Waals surface area contributed by atoms with E-state index in [9.17, 15) is 4.79 Å². The molecule has 0 radical (unpaired) electrons. The van der Waals surface area contributed by atoms with Crippen LogP contribution < -0.4 is 10.2 Å². The number of carbonyl (C=O) groups excluding carboxylic acids is 1. The third kappa shape index (κ3) is 4.09. The number of likely N-dealkylation sites (tertiary alicyclic amines) is 1. The van der Waals surface area contributed by atoms with Gasteiger partial charge in [-0.2, -0.15) is 0 Å². The minimum atomic E-state index is 0.0564. The molecule has 6 heteroatoms. The van der Waals surface area contributed by atoms with Crippen molar-refractivity contribution in [2.75, 3.05) is 49.5 Å². The third-order valence-electron chi connectivity index (χ3n) is 8.28. The number of hydrogen-bond donors (Lipinski definition) is 1. The van der Waals surface area contributed by atoms with Gasteiger partial charge in [0.1, 0.15) is 5.52 Å². The summed E-state index contributed by atoms with van der Waals surface area (Å²) < 4.78 is 5.97. The first-order chi connectivity index (χ1) is 17.4. The summed E-state index contributed by atoms with van der Waals surface area (Å²) in [4.78, 5) is 18.8. The number of hydrogen-bond acceptors (Lipinski definition) is 6. The zero-order valence-electron chi connectivity index (χ0n) is 22.0. The second-order valence-corrected chi connectivity index (χ2v) is 11.9. The van der Waals surface area contributed by atoms with Gasteiger partial charge in [-0.25, -0.2) is 0 Å². The van der Waals surface area contributed by atoms with Crippen molar-refractivity contribution in [2.24, 2.45) is 23.7 Å². The lowest BCUT2D eigenvalue weighted by molar-refractivity contribution is 0.104. The van der Waals surface area contributed by atoms with E-state index in [0.29, 0.717) is 23.0 Å². The maximum atomic E-state index is 13.8. The quantitative estimate of drug-likeness (QED) is 0.378.